The summed E-state index contributed by atoms with van der Waals surface area (Å²) in [6, 6.07) is 9.11. The summed E-state index contributed by atoms with van der Waals surface area (Å²) < 4.78 is 1.16. The van der Waals surface area contributed by atoms with Crippen LogP contribution in [0.15, 0.2) is 39.9 Å². The van der Waals surface area contributed by atoms with Crippen molar-refractivity contribution in [2.45, 2.75) is 20.4 Å². The third kappa shape index (κ3) is 2.20. The average molecular weight is 230 g/mol. The molecule has 4 nitrogen and oxygen atoms in total. The fraction of sp³-hybridized carbons (Fsp3) is 0.231. The predicted molar refractivity (Wildman–Crippen MR) is 67.2 cm³/mol. The molecule has 0 fully saturated rings. The monoisotopic (exact) mass is 230 g/mol. The predicted octanol–water partition coefficient (Wildman–Crippen LogP) is 1.53. The van der Waals surface area contributed by atoms with E-state index >= 15 is 0 Å². The van der Waals surface area contributed by atoms with Crippen molar-refractivity contribution in [3.05, 3.63) is 56.7 Å². The topological polar surface area (TPSA) is 54.9 Å². The van der Waals surface area contributed by atoms with Gasteiger partial charge in [-0.15, -0.1) is 0 Å². The summed E-state index contributed by atoms with van der Waals surface area (Å²) in [5.41, 5.74) is 1.90. The SMILES string of the molecule is CCn1c(=O)cc(-c2ccc(C)cc2)[nH]c1=O. The molecule has 0 bridgehead atoms. The molecule has 0 saturated heterocycles. The zero-order valence-electron chi connectivity index (χ0n) is 9.86. The van der Waals surface area contributed by atoms with Gasteiger partial charge < -0.3 is 4.98 Å². The number of hydrogen-bond acceptors (Lipinski definition) is 2. The molecule has 17 heavy (non-hydrogen) atoms. The van der Waals surface area contributed by atoms with E-state index in [2.05, 4.69) is 4.98 Å². The van der Waals surface area contributed by atoms with E-state index in [1.54, 1.807) is 6.92 Å². The molecule has 1 aromatic carbocycles. The Bertz CT molecular complexity index is 604. The van der Waals surface area contributed by atoms with Crippen molar-refractivity contribution in [1.82, 2.24) is 9.55 Å². The van der Waals surface area contributed by atoms with E-state index < -0.39 is 0 Å². The van der Waals surface area contributed by atoms with Crippen LogP contribution in [0, 0.1) is 6.92 Å². The van der Waals surface area contributed by atoms with E-state index in [0.29, 0.717) is 12.2 Å². The van der Waals surface area contributed by atoms with Crippen LogP contribution >= 0.6 is 0 Å². The van der Waals surface area contributed by atoms with Gasteiger partial charge in [-0.3, -0.25) is 9.36 Å². The summed E-state index contributed by atoms with van der Waals surface area (Å²) in [6.07, 6.45) is 0. The fourth-order valence-electron chi connectivity index (χ4n) is 1.71. The van der Waals surface area contributed by atoms with Gasteiger partial charge >= 0.3 is 5.69 Å². The van der Waals surface area contributed by atoms with Crippen molar-refractivity contribution in [1.29, 1.82) is 0 Å². The average Bonchev–Trinajstić information content (AvgIpc) is 2.29. The number of nitrogens with one attached hydrogen (secondary N) is 1. The highest BCUT2D eigenvalue weighted by atomic mass is 16.2. The first-order chi connectivity index (χ1) is 8.11. The lowest BCUT2D eigenvalue weighted by Crippen LogP contribution is -2.34. The summed E-state index contributed by atoms with van der Waals surface area (Å²) in [4.78, 5) is 26.0. The van der Waals surface area contributed by atoms with Gasteiger partial charge in [0, 0.05) is 12.6 Å². The van der Waals surface area contributed by atoms with E-state index in [0.717, 1.165) is 15.7 Å². The second-order valence-electron chi connectivity index (χ2n) is 3.94. The molecule has 2 rings (SSSR count). The van der Waals surface area contributed by atoms with E-state index in [4.69, 9.17) is 0 Å². The van der Waals surface area contributed by atoms with Crippen LogP contribution in [-0.2, 0) is 6.54 Å². The number of rotatable bonds is 2. The van der Waals surface area contributed by atoms with Gasteiger partial charge in [-0.1, -0.05) is 29.8 Å². The molecule has 0 radical (unpaired) electrons. The Labute approximate surface area is 98.6 Å². The van der Waals surface area contributed by atoms with E-state index in [9.17, 15) is 9.59 Å². The largest absolute Gasteiger partial charge is 0.328 e. The number of aromatic amines is 1. The molecule has 0 saturated carbocycles. The van der Waals surface area contributed by atoms with Crippen molar-refractivity contribution >= 4 is 0 Å². The molecule has 0 aliphatic carbocycles. The van der Waals surface area contributed by atoms with Gasteiger partial charge in [-0.2, -0.15) is 0 Å². The zero-order chi connectivity index (χ0) is 12.4. The van der Waals surface area contributed by atoms with Crippen molar-refractivity contribution < 1.29 is 0 Å². The smallest absolute Gasteiger partial charge is 0.307 e. The maximum absolute atomic E-state index is 11.7. The molecule has 0 aliphatic heterocycles. The van der Waals surface area contributed by atoms with Crippen LogP contribution in [0.1, 0.15) is 12.5 Å². The molecule has 0 amide bonds. The van der Waals surface area contributed by atoms with Crippen LogP contribution in [0.4, 0.5) is 0 Å². The van der Waals surface area contributed by atoms with E-state index in [-0.39, 0.29) is 11.2 Å². The molecule has 0 unspecified atom stereocenters. The molecule has 0 spiro atoms. The minimum atomic E-state index is -0.365. The minimum Gasteiger partial charge on any atom is -0.307 e. The lowest BCUT2D eigenvalue weighted by atomic mass is 10.1. The minimum absolute atomic E-state index is 0.271. The highest BCUT2D eigenvalue weighted by Crippen LogP contribution is 2.14. The number of H-pyrrole nitrogens is 1. The molecule has 0 aliphatic rings. The Kier molecular flexibility index (Phi) is 2.95. The van der Waals surface area contributed by atoms with Crippen LogP contribution in [0.5, 0.6) is 0 Å². The van der Waals surface area contributed by atoms with Gasteiger partial charge in [0.15, 0.2) is 0 Å². The number of hydrogen-bond donors (Lipinski definition) is 1. The van der Waals surface area contributed by atoms with Gasteiger partial charge in [-0.25, -0.2) is 4.79 Å². The Hall–Kier alpha value is -2.10. The van der Waals surface area contributed by atoms with E-state index in [1.807, 2.05) is 31.2 Å². The van der Waals surface area contributed by atoms with Crippen LogP contribution in [0.25, 0.3) is 11.3 Å². The summed E-state index contributed by atoms with van der Waals surface area (Å²) in [7, 11) is 0. The quantitative estimate of drug-likeness (QED) is 0.850. The molecule has 1 aromatic heterocycles. The first-order valence-electron chi connectivity index (χ1n) is 5.53. The first-order valence-corrected chi connectivity index (χ1v) is 5.53. The number of aromatic nitrogens is 2. The lowest BCUT2D eigenvalue weighted by molar-refractivity contribution is 0.674. The Morgan fingerprint density at radius 2 is 1.82 bits per heavy atom. The third-order valence-electron chi connectivity index (χ3n) is 2.70. The summed E-state index contributed by atoms with van der Waals surface area (Å²) in [5.74, 6) is 0. The molecule has 1 heterocycles. The molecule has 1 N–H and O–H groups in total. The van der Waals surface area contributed by atoms with Gasteiger partial charge in [-0.05, 0) is 19.4 Å². The molecule has 88 valence electrons. The van der Waals surface area contributed by atoms with Gasteiger partial charge in [0.2, 0.25) is 0 Å². The Balaban J connectivity index is 2.58. The summed E-state index contributed by atoms with van der Waals surface area (Å²) >= 11 is 0. The van der Waals surface area contributed by atoms with Crippen LogP contribution in [0.3, 0.4) is 0 Å². The molecular formula is C13H14N2O2. The molecule has 0 atom stereocenters. The second kappa shape index (κ2) is 4.41. The van der Waals surface area contributed by atoms with Crippen molar-refractivity contribution in [3.63, 3.8) is 0 Å². The van der Waals surface area contributed by atoms with Gasteiger partial charge in [0.05, 0.1) is 5.69 Å². The zero-order valence-corrected chi connectivity index (χ0v) is 9.86. The second-order valence-corrected chi connectivity index (χ2v) is 3.94. The third-order valence-corrected chi connectivity index (χ3v) is 2.70. The highest BCUT2D eigenvalue weighted by molar-refractivity contribution is 5.58. The Morgan fingerprint density at radius 3 is 2.35 bits per heavy atom. The molecule has 2 aromatic rings. The Morgan fingerprint density at radius 1 is 1.18 bits per heavy atom. The van der Waals surface area contributed by atoms with E-state index in [1.165, 1.54) is 6.07 Å². The summed E-state index contributed by atoms with van der Waals surface area (Å²) in [6.45, 7) is 4.13. The van der Waals surface area contributed by atoms with Crippen LogP contribution < -0.4 is 11.2 Å². The fourth-order valence-corrected chi connectivity index (χ4v) is 1.71. The maximum atomic E-state index is 11.7. The van der Waals surface area contributed by atoms with Gasteiger partial charge in [0.1, 0.15) is 0 Å². The number of benzene rings is 1. The highest BCUT2D eigenvalue weighted by Gasteiger charge is 2.04. The molecular weight excluding hydrogens is 216 g/mol. The standard InChI is InChI=1S/C13H14N2O2/c1-3-15-12(16)8-11(14-13(15)17)10-6-4-9(2)5-7-10/h4-8H,3H2,1-2H3,(H,14,17). The van der Waals surface area contributed by atoms with Crippen molar-refractivity contribution in [2.75, 3.05) is 0 Å². The lowest BCUT2D eigenvalue weighted by Gasteiger charge is -2.04. The van der Waals surface area contributed by atoms with Crippen LogP contribution in [0.2, 0.25) is 0 Å². The number of nitrogens with zero attached hydrogens (tertiary/aromatic N) is 1. The van der Waals surface area contributed by atoms with Gasteiger partial charge in [0.25, 0.3) is 5.56 Å². The maximum Gasteiger partial charge on any atom is 0.328 e. The first kappa shape index (κ1) is 11.4. The van der Waals surface area contributed by atoms with Crippen molar-refractivity contribution in [3.8, 4) is 11.3 Å². The normalized spacial score (nSPS) is 10.5. The summed E-state index contributed by atoms with van der Waals surface area (Å²) in [5, 5.41) is 0. The number of aryl methyl sites for hydroxylation is 1. The van der Waals surface area contributed by atoms with Crippen LogP contribution in [-0.4, -0.2) is 9.55 Å². The van der Waals surface area contributed by atoms with Crippen molar-refractivity contribution in [2.24, 2.45) is 0 Å². The molecule has 4 heteroatoms.